The Hall–Kier alpha value is -3.70. The summed E-state index contributed by atoms with van der Waals surface area (Å²) in [7, 11) is 0. The van der Waals surface area contributed by atoms with Crippen LogP contribution in [-0.4, -0.2) is 21.8 Å². The van der Waals surface area contributed by atoms with Crippen LogP contribution in [0.5, 0.6) is 0 Å². The number of nitro groups is 2. The molecule has 0 fully saturated rings. The normalized spacial score (nSPS) is 9.19. The Kier molecular flexibility index (Phi) is 8.37. The molecule has 0 spiro atoms. The maximum atomic E-state index is 10.3. The number of carbonyl (C=O) groups excluding carboxylic acids is 2. The number of anilines is 2. The van der Waals surface area contributed by atoms with Crippen LogP contribution in [-0.2, 0) is 17.1 Å². The van der Waals surface area contributed by atoms with E-state index in [0.29, 0.717) is 0 Å². The third kappa shape index (κ3) is 6.26. The zero-order valence-electron chi connectivity index (χ0n) is 13.1. The van der Waals surface area contributed by atoms with Crippen LogP contribution in [0.4, 0.5) is 22.7 Å². The molecule has 4 N–H and O–H groups in total. The van der Waals surface area contributed by atoms with Gasteiger partial charge in [0.25, 0.3) is 11.4 Å². The molecule has 2 aromatic carbocycles. The van der Waals surface area contributed by atoms with Crippen molar-refractivity contribution >= 4 is 34.7 Å². The van der Waals surface area contributed by atoms with Crippen LogP contribution >= 0.6 is 0 Å². The Balaban J connectivity index is 0.000000483. The number of hydrogen-bond donors (Lipinski definition) is 2. The Morgan fingerprint density at radius 1 is 0.741 bits per heavy atom. The van der Waals surface area contributed by atoms with E-state index in [4.69, 9.17) is 11.5 Å². The first-order chi connectivity index (χ1) is 12.0. The van der Waals surface area contributed by atoms with E-state index in [1.807, 2.05) is 0 Å². The van der Waals surface area contributed by atoms with E-state index in [0.717, 1.165) is 36.4 Å². The Morgan fingerprint density at radius 3 is 1.26 bits per heavy atom. The fraction of sp³-hybridized carbons (Fsp3) is 0. The molecule has 27 heavy (non-hydrogen) atoms. The minimum Gasteiger partial charge on any atom is -0.545 e. The molecule has 0 amide bonds. The molecule has 0 heterocycles. The second-order valence-electron chi connectivity index (χ2n) is 4.64. The molecular weight excluding hydrogens is 416 g/mol. The summed E-state index contributed by atoms with van der Waals surface area (Å²) >= 11 is 0. The molecule has 145 valence electrons. The van der Waals surface area contributed by atoms with Crippen molar-refractivity contribution in [2.45, 2.75) is 0 Å². The van der Waals surface area contributed by atoms with Gasteiger partial charge in [-0.15, -0.1) is 0 Å². The van der Waals surface area contributed by atoms with Gasteiger partial charge in [-0.25, -0.2) is 0 Å². The molecule has 0 bridgehead atoms. The van der Waals surface area contributed by atoms with E-state index >= 15 is 0 Å². The van der Waals surface area contributed by atoms with Crippen LogP contribution in [0.15, 0.2) is 36.4 Å². The van der Waals surface area contributed by atoms with E-state index in [1.54, 1.807) is 0 Å². The van der Waals surface area contributed by atoms with Crippen LogP contribution in [0.2, 0.25) is 0 Å². The third-order valence-electron chi connectivity index (χ3n) is 2.93. The molecule has 0 saturated carbocycles. The van der Waals surface area contributed by atoms with E-state index in [2.05, 4.69) is 0 Å². The summed E-state index contributed by atoms with van der Waals surface area (Å²) in [6, 6.07) is 6.34. The van der Waals surface area contributed by atoms with Gasteiger partial charge < -0.3 is 31.3 Å². The molecule has 0 atom stereocenters. The minimum absolute atomic E-state index is 0. The second-order valence-corrected chi connectivity index (χ2v) is 4.64. The molecule has 13 heteroatoms. The Labute approximate surface area is 161 Å². The van der Waals surface area contributed by atoms with Crippen LogP contribution in [0, 0.1) is 20.2 Å². The molecule has 0 aliphatic rings. The molecule has 0 unspecified atom stereocenters. The van der Waals surface area contributed by atoms with Crippen molar-refractivity contribution in [2.75, 3.05) is 11.5 Å². The van der Waals surface area contributed by atoms with Gasteiger partial charge in [0.2, 0.25) is 0 Å². The molecule has 0 aliphatic heterocycles. The first kappa shape index (κ1) is 23.3. The first-order valence-electron chi connectivity index (χ1n) is 6.55. The summed E-state index contributed by atoms with van der Waals surface area (Å²) in [5, 5.41) is 41.2. The second kappa shape index (κ2) is 9.70. The summed E-state index contributed by atoms with van der Waals surface area (Å²) in [4.78, 5) is 39.7. The maximum Gasteiger partial charge on any atom is 2.00 e. The number of aromatic carboxylic acids is 2. The molecule has 2 aromatic rings. The van der Waals surface area contributed by atoms with Crippen molar-refractivity contribution in [3.63, 3.8) is 0 Å². The topological polar surface area (TPSA) is 219 Å². The minimum atomic E-state index is -1.47. The zero-order valence-corrected chi connectivity index (χ0v) is 14.0. The molecule has 2 rings (SSSR count). The number of carboxylic acids is 2. The fourth-order valence-electron chi connectivity index (χ4n) is 1.66. The van der Waals surface area contributed by atoms with Gasteiger partial charge in [-0.3, -0.25) is 20.2 Å². The summed E-state index contributed by atoms with van der Waals surface area (Å²) in [5.41, 5.74) is 8.94. The van der Waals surface area contributed by atoms with Crippen molar-refractivity contribution in [2.24, 2.45) is 0 Å². The van der Waals surface area contributed by atoms with Gasteiger partial charge in [-0.05, 0) is 12.1 Å². The zero-order chi connectivity index (χ0) is 20.0. The summed E-state index contributed by atoms with van der Waals surface area (Å²) in [6.07, 6.45) is 0. The van der Waals surface area contributed by atoms with Gasteiger partial charge in [0.15, 0.2) is 0 Å². The summed E-state index contributed by atoms with van der Waals surface area (Å²) in [6.45, 7) is 0. The van der Waals surface area contributed by atoms with E-state index in [9.17, 15) is 40.0 Å². The van der Waals surface area contributed by atoms with Crippen LogP contribution in [0.1, 0.15) is 20.7 Å². The van der Waals surface area contributed by atoms with Crippen molar-refractivity contribution in [1.29, 1.82) is 0 Å². The maximum absolute atomic E-state index is 10.3. The van der Waals surface area contributed by atoms with Gasteiger partial charge in [0.05, 0.1) is 21.8 Å². The smallest absolute Gasteiger partial charge is 0.545 e. The monoisotopic (exact) mass is 425 g/mol. The summed E-state index contributed by atoms with van der Waals surface area (Å²) in [5.74, 6) is -2.94. The van der Waals surface area contributed by atoms with Crippen molar-refractivity contribution in [1.82, 2.24) is 0 Å². The quantitative estimate of drug-likeness (QED) is 0.265. The predicted octanol–water partition coefficient (Wildman–Crippen LogP) is -0.921. The first-order valence-corrected chi connectivity index (χ1v) is 6.55. The van der Waals surface area contributed by atoms with E-state index in [-0.39, 0.29) is 39.6 Å². The van der Waals surface area contributed by atoms with Gasteiger partial charge in [0.1, 0.15) is 11.4 Å². The number of nitro benzene ring substituents is 2. The molecule has 0 saturated heterocycles. The van der Waals surface area contributed by atoms with Gasteiger partial charge >= 0.3 is 17.1 Å². The number of hydrogen-bond acceptors (Lipinski definition) is 10. The van der Waals surface area contributed by atoms with Crippen molar-refractivity contribution in [3.05, 3.63) is 67.8 Å². The van der Waals surface area contributed by atoms with Crippen molar-refractivity contribution in [3.8, 4) is 0 Å². The summed E-state index contributed by atoms with van der Waals surface area (Å²) < 4.78 is 0. The van der Waals surface area contributed by atoms with E-state index < -0.39 is 33.2 Å². The number of benzene rings is 2. The number of nitrogen functional groups attached to an aromatic ring is 2. The molecule has 0 aliphatic carbocycles. The van der Waals surface area contributed by atoms with Gasteiger partial charge in [0, 0.05) is 23.3 Å². The fourth-order valence-corrected chi connectivity index (χ4v) is 1.66. The van der Waals surface area contributed by atoms with Gasteiger partial charge in [-0.1, -0.05) is 12.1 Å². The molecular formula is C14H10CuN4O8. The Bertz CT molecular complexity index is 829. The molecule has 12 nitrogen and oxygen atoms in total. The average Bonchev–Trinajstić information content (AvgIpc) is 2.55. The number of rotatable bonds is 4. The number of carbonyl (C=O) groups is 2. The van der Waals surface area contributed by atoms with Crippen LogP contribution < -0.4 is 21.7 Å². The number of nitrogens with two attached hydrogens (primary N) is 2. The Morgan fingerprint density at radius 2 is 1.04 bits per heavy atom. The predicted molar refractivity (Wildman–Crippen MR) is 83.7 cm³/mol. The SMILES string of the molecule is Nc1ccc(C(=O)[O-])cc1[N+](=O)[O-].Nc1ccc(C(=O)[O-])cc1[N+](=O)[O-].[Cu+2]. The van der Waals surface area contributed by atoms with Crippen LogP contribution in [0.3, 0.4) is 0 Å². The largest absolute Gasteiger partial charge is 2.00 e. The van der Waals surface area contributed by atoms with Crippen LogP contribution in [0.25, 0.3) is 0 Å². The average molecular weight is 426 g/mol. The number of carboxylic acid groups (broad SMARTS) is 2. The van der Waals surface area contributed by atoms with E-state index in [1.165, 1.54) is 0 Å². The molecule has 1 radical (unpaired) electrons. The number of nitrogens with zero attached hydrogens (tertiary/aromatic N) is 2. The molecule has 0 aromatic heterocycles. The third-order valence-corrected chi connectivity index (χ3v) is 2.93. The van der Waals surface area contributed by atoms with Crippen molar-refractivity contribution < 1.29 is 46.7 Å². The van der Waals surface area contributed by atoms with Gasteiger partial charge in [-0.2, -0.15) is 0 Å². The standard InChI is InChI=1S/2C7H6N2O4.Cu/c2*8-5-2-1-4(7(10)11)3-6(5)9(12)13;/h2*1-3H,8H2,(H,10,11);/q;;+2/p-2.